The molecule has 0 saturated carbocycles. The van der Waals surface area contributed by atoms with Crippen LogP contribution < -0.4 is 0 Å². The molecule has 94 valence electrons. The fraction of sp³-hybridized carbons (Fsp3) is 1.00. The molecule has 4 heteroatoms. The molecule has 2 unspecified atom stereocenters. The van der Waals surface area contributed by atoms with E-state index in [0.29, 0.717) is 6.10 Å². The van der Waals surface area contributed by atoms with Crippen molar-refractivity contribution in [3.8, 4) is 0 Å². The molecule has 1 heterocycles. The Morgan fingerprint density at radius 3 is 1.33 bits per heavy atom. The first kappa shape index (κ1) is 24.3. The zero-order valence-electron chi connectivity index (χ0n) is 11.4. The average Bonchev–Trinajstić information content (AvgIpc) is 2.73. The fourth-order valence-corrected chi connectivity index (χ4v) is 0.833. The van der Waals surface area contributed by atoms with Crippen LogP contribution in [0.5, 0.6) is 0 Å². The largest absolute Gasteiger partial charge is 0.400 e. The summed E-state index contributed by atoms with van der Waals surface area (Å²) in [5.74, 6) is 0. The Labute approximate surface area is 97.3 Å². The van der Waals surface area contributed by atoms with E-state index in [4.69, 9.17) is 22.8 Å². The zero-order valence-corrected chi connectivity index (χ0v) is 11.4. The molecule has 0 spiro atoms. The van der Waals surface area contributed by atoms with Gasteiger partial charge in [0.05, 0.1) is 6.10 Å². The SMILES string of the molecule is CC.CC.CO.CO.[B]C1CCC(C)O1. The lowest BCUT2D eigenvalue weighted by Crippen LogP contribution is -2.06. The van der Waals surface area contributed by atoms with Gasteiger partial charge in [-0.2, -0.15) is 0 Å². The summed E-state index contributed by atoms with van der Waals surface area (Å²) in [4.78, 5) is 0. The van der Waals surface area contributed by atoms with Gasteiger partial charge >= 0.3 is 0 Å². The zero-order chi connectivity index (χ0) is 13.3. The molecule has 2 atom stereocenters. The first-order valence-corrected chi connectivity index (χ1v) is 5.59. The van der Waals surface area contributed by atoms with Gasteiger partial charge in [0.25, 0.3) is 0 Å². The van der Waals surface area contributed by atoms with E-state index >= 15 is 0 Å². The highest BCUT2D eigenvalue weighted by molar-refractivity contribution is 6.11. The third kappa shape index (κ3) is 24.9. The van der Waals surface area contributed by atoms with Gasteiger partial charge in [0.1, 0.15) is 7.85 Å². The van der Waals surface area contributed by atoms with Gasteiger partial charge in [0.2, 0.25) is 0 Å². The van der Waals surface area contributed by atoms with Crippen LogP contribution in [0.1, 0.15) is 47.5 Å². The summed E-state index contributed by atoms with van der Waals surface area (Å²) in [6, 6.07) is 0.0231. The van der Waals surface area contributed by atoms with E-state index in [0.717, 1.165) is 27.1 Å². The lowest BCUT2D eigenvalue weighted by atomic mass is 9.97. The Kier molecular flexibility index (Phi) is 47.2. The number of aliphatic hydroxyl groups excluding tert-OH is 2. The number of rotatable bonds is 0. The molecule has 1 saturated heterocycles. The van der Waals surface area contributed by atoms with Crippen molar-refractivity contribution in [2.75, 3.05) is 14.2 Å². The highest BCUT2D eigenvalue weighted by Gasteiger charge is 2.15. The Hall–Kier alpha value is -0.0551. The standard InChI is InChI=1S/C5H9BO.2C2H6.2CH4O/c1-4-2-3-5(6)7-4;4*1-2/h4-5H,2-3H2,1H3;2*1-2H3;2*2H,1H3. The third-order valence-electron chi connectivity index (χ3n) is 1.26. The minimum Gasteiger partial charge on any atom is -0.400 e. The minimum absolute atomic E-state index is 0.0231. The van der Waals surface area contributed by atoms with Gasteiger partial charge in [-0.05, 0) is 19.8 Å². The molecule has 0 aromatic heterocycles. The lowest BCUT2D eigenvalue weighted by molar-refractivity contribution is 0.101. The molecular weight excluding hydrogens is 191 g/mol. The first-order chi connectivity index (χ1) is 7.29. The van der Waals surface area contributed by atoms with Crippen molar-refractivity contribution in [2.24, 2.45) is 0 Å². The van der Waals surface area contributed by atoms with E-state index in [-0.39, 0.29) is 6.00 Å². The smallest absolute Gasteiger partial charge is 0.108 e. The predicted molar refractivity (Wildman–Crippen MR) is 68.3 cm³/mol. The summed E-state index contributed by atoms with van der Waals surface area (Å²) in [5, 5.41) is 14.0. The summed E-state index contributed by atoms with van der Waals surface area (Å²) in [5.41, 5.74) is 0. The molecule has 2 radical (unpaired) electrons. The fourth-order valence-electron chi connectivity index (χ4n) is 0.833. The molecule has 1 rings (SSSR count). The second-order valence-corrected chi connectivity index (χ2v) is 2.06. The van der Waals surface area contributed by atoms with Gasteiger partial charge in [0, 0.05) is 20.2 Å². The van der Waals surface area contributed by atoms with Crippen molar-refractivity contribution in [2.45, 2.75) is 59.6 Å². The molecule has 1 fully saturated rings. The first-order valence-electron chi connectivity index (χ1n) is 5.59. The number of hydrogen-bond donors (Lipinski definition) is 2. The maximum Gasteiger partial charge on any atom is 0.108 e. The van der Waals surface area contributed by atoms with Crippen LogP contribution in [-0.4, -0.2) is 44.4 Å². The molecule has 15 heavy (non-hydrogen) atoms. The van der Waals surface area contributed by atoms with Gasteiger partial charge in [0.15, 0.2) is 0 Å². The second kappa shape index (κ2) is 29.2. The van der Waals surface area contributed by atoms with Crippen molar-refractivity contribution in [3.05, 3.63) is 0 Å². The molecule has 3 nitrogen and oxygen atoms in total. The number of aliphatic hydroxyl groups is 2. The van der Waals surface area contributed by atoms with E-state index in [2.05, 4.69) is 0 Å². The van der Waals surface area contributed by atoms with Crippen molar-refractivity contribution >= 4 is 7.85 Å². The maximum atomic E-state index is 7.00. The van der Waals surface area contributed by atoms with Gasteiger partial charge in [-0.15, -0.1) is 0 Å². The van der Waals surface area contributed by atoms with Crippen molar-refractivity contribution in [1.29, 1.82) is 0 Å². The van der Waals surface area contributed by atoms with Gasteiger partial charge in [-0.1, -0.05) is 27.7 Å². The topological polar surface area (TPSA) is 49.7 Å². The molecular formula is C11H29BO3. The Bertz CT molecular complexity index is 64.9. The molecule has 1 aliphatic rings. The summed E-state index contributed by atoms with van der Waals surface area (Å²) in [7, 11) is 7.40. The molecule has 2 N–H and O–H groups in total. The van der Waals surface area contributed by atoms with Crippen LogP contribution in [0.4, 0.5) is 0 Å². The molecule has 1 aliphatic heterocycles. The van der Waals surface area contributed by atoms with Gasteiger partial charge < -0.3 is 14.9 Å². The summed E-state index contributed by atoms with van der Waals surface area (Å²) >= 11 is 0. The van der Waals surface area contributed by atoms with Crippen LogP contribution in [0.3, 0.4) is 0 Å². The van der Waals surface area contributed by atoms with Crippen LogP contribution in [0, 0.1) is 0 Å². The van der Waals surface area contributed by atoms with Crippen molar-refractivity contribution < 1.29 is 14.9 Å². The summed E-state index contributed by atoms with van der Waals surface area (Å²) < 4.78 is 5.14. The number of ether oxygens (including phenoxy) is 1. The van der Waals surface area contributed by atoms with Crippen LogP contribution in [-0.2, 0) is 4.74 Å². The monoisotopic (exact) mass is 220 g/mol. The molecule has 0 amide bonds. The maximum absolute atomic E-state index is 7.00. The van der Waals surface area contributed by atoms with E-state index in [1.54, 1.807) is 0 Å². The van der Waals surface area contributed by atoms with Crippen LogP contribution in [0.2, 0.25) is 0 Å². The average molecular weight is 220 g/mol. The molecule has 0 aromatic rings. The van der Waals surface area contributed by atoms with Gasteiger partial charge in [-0.25, -0.2) is 0 Å². The van der Waals surface area contributed by atoms with Crippen molar-refractivity contribution in [3.63, 3.8) is 0 Å². The van der Waals surface area contributed by atoms with Crippen LogP contribution >= 0.6 is 0 Å². The normalized spacial score (nSPS) is 21.1. The number of hydrogen-bond acceptors (Lipinski definition) is 3. The van der Waals surface area contributed by atoms with E-state index in [1.165, 1.54) is 0 Å². The molecule has 0 aromatic carbocycles. The molecule has 0 aliphatic carbocycles. The Balaban J connectivity index is -0.0000000650. The van der Waals surface area contributed by atoms with Crippen LogP contribution in [0.25, 0.3) is 0 Å². The predicted octanol–water partition coefficient (Wildman–Crippen LogP) is 1.95. The summed E-state index contributed by atoms with van der Waals surface area (Å²) in [6.45, 7) is 10.0. The third-order valence-corrected chi connectivity index (χ3v) is 1.26. The highest BCUT2D eigenvalue weighted by Crippen LogP contribution is 2.15. The van der Waals surface area contributed by atoms with Crippen molar-refractivity contribution in [1.82, 2.24) is 0 Å². The molecule has 0 bridgehead atoms. The highest BCUT2D eigenvalue weighted by atomic mass is 16.5. The van der Waals surface area contributed by atoms with E-state index in [9.17, 15) is 0 Å². The lowest BCUT2D eigenvalue weighted by Gasteiger charge is -2.01. The van der Waals surface area contributed by atoms with E-state index in [1.807, 2.05) is 34.6 Å². The Morgan fingerprint density at radius 2 is 1.27 bits per heavy atom. The quantitative estimate of drug-likeness (QED) is 0.613. The minimum atomic E-state index is 0.0231. The summed E-state index contributed by atoms with van der Waals surface area (Å²) in [6.07, 6.45) is 2.55. The van der Waals surface area contributed by atoms with Crippen LogP contribution in [0.15, 0.2) is 0 Å². The van der Waals surface area contributed by atoms with E-state index < -0.39 is 0 Å². The second-order valence-electron chi connectivity index (χ2n) is 2.06. The Morgan fingerprint density at radius 1 is 0.933 bits per heavy atom. The van der Waals surface area contributed by atoms with Gasteiger partial charge in [-0.3, -0.25) is 0 Å².